The summed E-state index contributed by atoms with van der Waals surface area (Å²) in [4.78, 5) is 4.15. The predicted molar refractivity (Wildman–Crippen MR) is 64.4 cm³/mol. The summed E-state index contributed by atoms with van der Waals surface area (Å²) in [6, 6.07) is 8.89. The molecular weight excluding hydrogens is 218 g/mol. The molecule has 0 saturated carbocycles. The molecule has 0 spiro atoms. The van der Waals surface area contributed by atoms with Crippen LogP contribution in [-0.2, 0) is 0 Å². The van der Waals surface area contributed by atoms with Crippen LogP contribution in [0.4, 0.5) is 0 Å². The van der Waals surface area contributed by atoms with E-state index in [0.29, 0.717) is 11.5 Å². The summed E-state index contributed by atoms with van der Waals surface area (Å²) in [5.41, 5.74) is 1.55. The third-order valence-corrected chi connectivity index (χ3v) is 2.43. The second-order valence-electron chi connectivity index (χ2n) is 3.44. The van der Waals surface area contributed by atoms with E-state index in [4.69, 9.17) is 9.47 Å². The minimum Gasteiger partial charge on any atom is -0.506 e. The van der Waals surface area contributed by atoms with Gasteiger partial charge in [0.25, 0.3) is 0 Å². The van der Waals surface area contributed by atoms with E-state index < -0.39 is 0 Å². The van der Waals surface area contributed by atoms with Gasteiger partial charge in [-0.15, -0.1) is 0 Å². The summed E-state index contributed by atoms with van der Waals surface area (Å²) in [6.45, 7) is 0. The number of para-hydroxylation sites is 1. The maximum Gasteiger partial charge on any atom is 0.170 e. The first-order valence-electron chi connectivity index (χ1n) is 5.12. The van der Waals surface area contributed by atoms with Crippen molar-refractivity contribution in [2.45, 2.75) is 0 Å². The molecule has 4 nitrogen and oxygen atoms in total. The van der Waals surface area contributed by atoms with Crippen LogP contribution in [0.25, 0.3) is 11.3 Å². The lowest BCUT2D eigenvalue weighted by Gasteiger charge is -2.11. The van der Waals surface area contributed by atoms with Gasteiger partial charge in [-0.25, -0.2) is 0 Å². The van der Waals surface area contributed by atoms with Gasteiger partial charge in [-0.1, -0.05) is 6.07 Å². The molecule has 1 N–H and O–H groups in total. The Morgan fingerprint density at radius 3 is 2.47 bits per heavy atom. The number of methoxy groups -OCH3 is 2. The Morgan fingerprint density at radius 1 is 1.06 bits per heavy atom. The average Bonchev–Trinajstić information content (AvgIpc) is 2.38. The maximum atomic E-state index is 9.21. The van der Waals surface area contributed by atoms with E-state index >= 15 is 0 Å². The van der Waals surface area contributed by atoms with Crippen molar-refractivity contribution < 1.29 is 14.6 Å². The lowest BCUT2D eigenvalue weighted by molar-refractivity contribution is 0.356. The van der Waals surface area contributed by atoms with Gasteiger partial charge in [0.2, 0.25) is 0 Å². The summed E-state index contributed by atoms with van der Waals surface area (Å²) in [6.07, 6.45) is 1.40. The minimum atomic E-state index is 0.135. The number of hydrogen-bond donors (Lipinski definition) is 1. The molecule has 0 amide bonds. The standard InChI is InChI=1S/C13H13NO3/c1-16-12-5-3-4-10(13(12)17-2)11-7-6-9(15)8-14-11/h3-8,15H,1-2H3. The largest absolute Gasteiger partial charge is 0.506 e. The number of aromatic hydroxyl groups is 1. The van der Waals surface area contributed by atoms with Gasteiger partial charge in [0.05, 0.1) is 26.1 Å². The number of aromatic nitrogens is 1. The molecule has 17 heavy (non-hydrogen) atoms. The Bertz CT molecular complexity index is 509. The molecule has 0 fully saturated rings. The zero-order valence-corrected chi connectivity index (χ0v) is 9.68. The van der Waals surface area contributed by atoms with Gasteiger partial charge in [-0.3, -0.25) is 4.98 Å². The van der Waals surface area contributed by atoms with Crippen LogP contribution in [0.3, 0.4) is 0 Å². The van der Waals surface area contributed by atoms with Crippen LogP contribution in [0.2, 0.25) is 0 Å². The first-order valence-corrected chi connectivity index (χ1v) is 5.12. The van der Waals surface area contributed by atoms with Crippen molar-refractivity contribution in [2.75, 3.05) is 14.2 Å². The summed E-state index contributed by atoms with van der Waals surface area (Å²) in [5.74, 6) is 1.42. The molecule has 0 aliphatic carbocycles. The molecule has 1 heterocycles. The van der Waals surface area contributed by atoms with Crippen LogP contribution >= 0.6 is 0 Å². The Kier molecular flexibility index (Phi) is 3.14. The molecule has 0 unspecified atom stereocenters. The molecule has 4 heteroatoms. The fraction of sp³-hybridized carbons (Fsp3) is 0.154. The smallest absolute Gasteiger partial charge is 0.170 e. The molecule has 1 aromatic carbocycles. The van der Waals surface area contributed by atoms with E-state index in [1.54, 1.807) is 26.4 Å². The highest BCUT2D eigenvalue weighted by Gasteiger charge is 2.11. The van der Waals surface area contributed by atoms with Crippen molar-refractivity contribution in [2.24, 2.45) is 0 Å². The molecule has 2 rings (SSSR count). The topological polar surface area (TPSA) is 51.6 Å². The highest BCUT2D eigenvalue weighted by Crippen LogP contribution is 2.36. The Balaban J connectivity index is 2.54. The minimum absolute atomic E-state index is 0.135. The van der Waals surface area contributed by atoms with Crippen LogP contribution in [0, 0.1) is 0 Å². The number of pyridine rings is 1. The Morgan fingerprint density at radius 2 is 1.88 bits per heavy atom. The molecule has 0 radical (unpaired) electrons. The molecule has 0 aliphatic rings. The van der Waals surface area contributed by atoms with Crippen LogP contribution in [-0.4, -0.2) is 24.3 Å². The maximum absolute atomic E-state index is 9.21. The van der Waals surface area contributed by atoms with Crippen molar-refractivity contribution in [3.8, 4) is 28.5 Å². The fourth-order valence-electron chi connectivity index (χ4n) is 1.63. The van der Waals surface area contributed by atoms with E-state index in [1.165, 1.54) is 6.20 Å². The van der Waals surface area contributed by atoms with Crippen molar-refractivity contribution in [3.05, 3.63) is 36.5 Å². The normalized spacial score (nSPS) is 10.0. The SMILES string of the molecule is COc1cccc(-c2ccc(O)cn2)c1OC. The molecule has 0 saturated heterocycles. The third-order valence-electron chi connectivity index (χ3n) is 2.43. The average molecular weight is 231 g/mol. The number of hydrogen-bond acceptors (Lipinski definition) is 4. The van der Waals surface area contributed by atoms with E-state index in [9.17, 15) is 5.11 Å². The molecule has 1 aromatic heterocycles. The van der Waals surface area contributed by atoms with Crippen molar-refractivity contribution in [1.29, 1.82) is 0 Å². The second-order valence-corrected chi connectivity index (χ2v) is 3.44. The van der Waals surface area contributed by atoms with Gasteiger partial charge < -0.3 is 14.6 Å². The zero-order valence-electron chi connectivity index (χ0n) is 9.68. The van der Waals surface area contributed by atoms with Crippen molar-refractivity contribution in [3.63, 3.8) is 0 Å². The molecule has 0 atom stereocenters. The van der Waals surface area contributed by atoms with E-state index in [2.05, 4.69) is 4.98 Å². The van der Waals surface area contributed by atoms with Gasteiger partial charge in [-0.2, -0.15) is 0 Å². The summed E-state index contributed by atoms with van der Waals surface area (Å²) >= 11 is 0. The first-order chi connectivity index (χ1) is 8.26. The monoisotopic (exact) mass is 231 g/mol. The number of rotatable bonds is 3. The Hall–Kier alpha value is -2.23. The molecule has 0 aliphatic heterocycles. The lowest BCUT2D eigenvalue weighted by atomic mass is 10.1. The summed E-state index contributed by atoms with van der Waals surface area (Å²) in [5, 5.41) is 9.21. The van der Waals surface area contributed by atoms with Crippen LogP contribution < -0.4 is 9.47 Å². The highest BCUT2D eigenvalue weighted by atomic mass is 16.5. The van der Waals surface area contributed by atoms with Crippen molar-refractivity contribution in [1.82, 2.24) is 4.98 Å². The number of nitrogens with zero attached hydrogens (tertiary/aromatic N) is 1. The molecule has 88 valence electrons. The molecule has 2 aromatic rings. The summed E-state index contributed by atoms with van der Waals surface area (Å²) < 4.78 is 10.5. The van der Waals surface area contributed by atoms with Gasteiger partial charge in [0, 0.05) is 5.56 Å². The first kappa shape index (κ1) is 11.3. The third kappa shape index (κ3) is 2.15. The predicted octanol–water partition coefficient (Wildman–Crippen LogP) is 2.47. The quantitative estimate of drug-likeness (QED) is 0.881. The lowest BCUT2D eigenvalue weighted by Crippen LogP contribution is -1.94. The number of ether oxygens (including phenoxy) is 2. The Labute approximate surface area is 99.5 Å². The zero-order chi connectivity index (χ0) is 12.3. The van der Waals surface area contributed by atoms with E-state index in [1.807, 2.05) is 18.2 Å². The van der Waals surface area contributed by atoms with Crippen LogP contribution in [0.15, 0.2) is 36.5 Å². The molecule has 0 bridgehead atoms. The van der Waals surface area contributed by atoms with E-state index in [0.717, 1.165) is 11.3 Å². The van der Waals surface area contributed by atoms with Gasteiger partial charge in [-0.05, 0) is 24.3 Å². The van der Waals surface area contributed by atoms with Gasteiger partial charge in [0.1, 0.15) is 5.75 Å². The van der Waals surface area contributed by atoms with Gasteiger partial charge >= 0.3 is 0 Å². The second kappa shape index (κ2) is 4.74. The van der Waals surface area contributed by atoms with Crippen LogP contribution in [0.5, 0.6) is 17.2 Å². The fourth-order valence-corrected chi connectivity index (χ4v) is 1.63. The summed E-state index contributed by atoms with van der Waals surface area (Å²) in [7, 11) is 3.17. The number of benzene rings is 1. The molecular formula is C13H13NO3. The van der Waals surface area contributed by atoms with Crippen molar-refractivity contribution >= 4 is 0 Å². The van der Waals surface area contributed by atoms with E-state index in [-0.39, 0.29) is 5.75 Å². The van der Waals surface area contributed by atoms with Gasteiger partial charge in [0.15, 0.2) is 11.5 Å². The van der Waals surface area contributed by atoms with Crippen LogP contribution in [0.1, 0.15) is 0 Å². The highest BCUT2D eigenvalue weighted by molar-refractivity contribution is 5.71.